The molecule has 3 amide bonds. The van der Waals surface area contributed by atoms with Crippen molar-refractivity contribution in [3.63, 3.8) is 0 Å². The van der Waals surface area contributed by atoms with Crippen molar-refractivity contribution in [1.29, 1.82) is 0 Å². The molecule has 0 spiro atoms. The molecule has 1 saturated heterocycles. The first-order valence-electron chi connectivity index (χ1n) is 8.89. The SMILES string of the molecule is CC(=O)Nc1ccc(OC(=O)CCN2C(=O)[C@@H]3CCCC[C@H]3C2=O)cc1. The Morgan fingerprint density at radius 1 is 1.08 bits per heavy atom. The molecule has 1 N–H and O–H groups in total. The van der Waals surface area contributed by atoms with Gasteiger partial charge in [0.1, 0.15) is 5.75 Å². The second-order valence-electron chi connectivity index (χ2n) is 6.76. The number of benzene rings is 1. The molecule has 1 heterocycles. The first kappa shape index (κ1) is 18.1. The van der Waals surface area contributed by atoms with Crippen molar-refractivity contribution in [3.05, 3.63) is 24.3 Å². The summed E-state index contributed by atoms with van der Waals surface area (Å²) < 4.78 is 5.22. The van der Waals surface area contributed by atoms with Gasteiger partial charge in [-0.25, -0.2) is 0 Å². The highest BCUT2D eigenvalue weighted by Crippen LogP contribution is 2.37. The number of fused-ring (bicyclic) bond motifs is 1. The van der Waals surface area contributed by atoms with Gasteiger partial charge in [0.05, 0.1) is 18.3 Å². The molecule has 1 aliphatic carbocycles. The number of esters is 1. The molecule has 1 aliphatic heterocycles. The largest absolute Gasteiger partial charge is 0.426 e. The summed E-state index contributed by atoms with van der Waals surface area (Å²) in [5, 5.41) is 2.62. The van der Waals surface area contributed by atoms with Crippen LogP contribution in [-0.2, 0) is 19.2 Å². The fraction of sp³-hybridized carbons (Fsp3) is 0.474. The van der Waals surface area contributed by atoms with E-state index in [9.17, 15) is 19.2 Å². The van der Waals surface area contributed by atoms with Crippen molar-refractivity contribution >= 4 is 29.4 Å². The van der Waals surface area contributed by atoms with Crippen LogP contribution < -0.4 is 10.1 Å². The molecule has 0 bridgehead atoms. The molecule has 2 aliphatic rings. The highest BCUT2D eigenvalue weighted by atomic mass is 16.5. The van der Waals surface area contributed by atoms with E-state index in [1.54, 1.807) is 24.3 Å². The Hall–Kier alpha value is -2.70. The molecule has 3 rings (SSSR count). The van der Waals surface area contributed by atoms with Gasteiger partial charge in [0.15, 0.2) is 0 Å². The number of likely N-dealkylation sites (tertiary alicyclic amines) is 1. The van der Waals surface area contributed by atoms with Crippen molar-refractivity contribution in [2.24, 2.45) is 11.8 Å². The van der Waals surface area contributed by atoms with Gasteiger partial charge in [-0.1, -0.05) is 12.8 Å². The van der Waals surface area contributed by atoms with E-state index >= 15 is 0 Å². The molecule has 0 unspecified atom stereocenters. The van der Waals surface area contributed by atoms with Crippen LogP contribution in [0.5, 0.6) is 5.75 Å². The normalized spacial score (nSPS) is 22.1. The van der Waals surface area contributed by atoms with Crippen molar-refractivity contribution in [3.8, 4) is 5.75 Å². The smallest absolute Gasteiger partial charge is 0.312 e. The maximum atomic E-state index is 12.4. The van der Waals surface area contributed by atoms with E-state index in [2.05, 4.69) is 5.32 Å². The number of hydrogen-bond acceptors (Lipinski definition) is 5. The molecule has 0 aromatic heterocycles. The molecule has 7 heteroatoms. The van der Waals surface area contributed by atoms with Crippen molar-refractivity contribution in [2.45, 2.75) is 39.0 Å². The number of carbonyl (C=O) groups excluding carboxylic acids is 4. The van der Waals surface area contributed by atoms with Crippen LogP contribution in [0, 0.1) is 11.8 Å². The van der Waals surface area contributed by atoms with Gasteiger partial charge in [-0.05, 0) is 37.1 Å². The Kier molecular flexibility index (Phi) is 5.35. The van der Waals surface area contributed by atoms with Crippen LogP contribution in [0.3, 0.4) is 0 Å². The van der Waals surface area contributed by atoms with Crippen LogP contribution in [0.1, 0.15) is 39.0 Å². The zero-order valence-corrected chi connectivity index (χ0v) is 14.7. The van der Waals surface area contributed by atoms with E-state index in [0.29, 0.717) is 11.4 Å². The van der Waals surface area contributed by atoms with Crippen LogP contribution >= 0.6 is 0 Å². The Labute approximate surface area is 151 Å². The summed E-state index contributed by atoms with van der Waals surface area (Å²) in [5.41, 5.74) is 0.605. The van der Waals surface area contributed by atoms with Crippen LogP contribution in [-0.4, -0.2) is 35.1 Å². The molecule has 2 fully saturated rings. The quantitative estimate of drug-likeness (QED) is 0.494. The zero-order chi connectivity index (χ0) is 18.7. The molecule has 0 radical (unpaired) electrons. The average molecular weight is 358 g/mol. The van der Waals surface area contributed by atoms with E-state index in [1.165, 1.54) is 11.8 Å². The third-order valence-electron chi connectivity index (χ3n) is 4.88. The topological polar surface area (TPSA) is 92.8 Å². The Balaban J connectivity index is 1.52. The van der Waals surface area contributed by atoms with Crippen LogP contribution in [0.25, 0.3) is 0 Å². The number of rotatable bonds is 5. The summed E-state index contributed by atoms with van der Waals surface area (Å²) in [6.07, 6.45) is 3.44. The van der Waals surface area contributed by atoms with E-state index in [-0.39, 0.29) is 42.5 Å². The first-order chi connectivity index (χ1) is 12.5. The van der Waals surface area contributed by atoms with Crippen molar-refractivity contribution in [2.75, 3.05) is 11.9 Å². The van der Waals surface area contributed by atoms with Crippen LogP contribution in [0.4, 0.5) is 5.69 Å². The summed E-state index contributed by atoms with van der Waals surface area (Å²) in [7, 11) is 0. The second kappa shape index (κ2) is 7.68. The van der Waals surface area contributed by atoms with Crippen molar-refractivity contribution < 1.29 is 23.9 Å². The third kappa shape index (κ3) is 3.92. The van der Waals surface area contributed by atoms with Gasteiger partial charge < -0.3 is 10.1 Å². The van der Waals surface area contributed by atoms with E-state index in [0.717, 1.165) is 25.7 Å². The molecule has 7 nitrogen and oxygen atoms in total. The minimum atomic E-state index is -0.507. The molecular formula is C19H22N2O5. The fourth-order valence-corrected chi connectivity index (χ4v) is 3.65. The van der Waals surface area contributed by atoms with Gasteiger partial charge in [0, 0.05) is 19.2 Å². The van der Waals surface area contributed by atoms with E-state index in [1.807, 2.05) is 0 Å². The number of carbonyl (C=O) groups is 4. The molecule has 138 valence electrons. The predicted molar refractivity (Wildman–Crippen MR) is 93.2 cm³/mol. The average Bonchev–Trinajstić information content (AvgIpc) is 2.86. The number of nitrogens with zero attached hydrogens (tertiary/aromatic N) is 1. The molecule has 1 aromatic rings. The molecule has 1 aromatic carbocycles. The lowest BCUT2D eigenvalue weighted by Crippen LogP contribution is -2.33. The zero-order valence-electron chi connectivity index (χ0n) is 14.7. The Morgan fingerprint density at radius 2 is 1.65 bits per heavy atom. The number of hydrogen-bond donors (Lipinski definition) is 1. The van der Waals surface area contributed by atoms with Gasteiger partial charge in [-0.3, -0.25) is 24.1 Å². The highest BCUT2D eigenvalue weighted by molar-refractivity contribution is 6.05. The number of anilines is 1. The van der Waals surface area contributed by atoms with Gasteiger partial charge in [-0.2, -0.15) is 0 Å². The minimum absolute atomic E-state index is 0.0373. The molecular weight excluding hydrogens is 336 g/mol. The Bertz CT molecular complexity index is 704. The maximum absolute atomic E-state index is 12.4. The summed E-state index contributed by atoms with van der Waals surface area (Å²) in [5.74, 6) is -1.04. The lowest BCUT2D eigenvalue weighted by molar-refractivity contribution is -0.141. The maximum Gasteiger partial charge on any atom is 0.312 e. The summed E-state index contributed by atoms with van der Waals surface area (Å²) in [6.45, 7) is 1.47. The van der Waals surface area contributed by atoms with Gasteiger partial charge in [0.2, 0.25) is 17.7 Å². The standard InChI is InChI=1S/C19H22N2O5/c1-12(22)20-13-6-8-14(9-7-13)26-17(23)10-11-21-18(24)15-4-2-3-5-16(15)19(21)25/h6-9,15-16H,2-5,10-11H2,1H3,(H,20,22)/t15-,16-/m1/s1. The highest BCUT2D eigenvalue weighted by Gasteiger charge is 2.47. The molecule has 26 heavy (non-hydrogen) atoms. The second-order valence-corrected chi connectivity index (χ2v) is 6.76. The molecule has 2 atom stereocenters. The lowest BCUT2D eigenvalue weighted by Gasteiger charge is -2.19. The number of amides is 3. The van der Waals surface area contributed by atoms with E-state index in [4.69, 9.17) is 4.74 Å². The summed E-state index contributed by atoms with van der Waals surface area (Å²) in [4.78, 5) is 48.9. The van der Waals surface area contributed by atoms with Crippen LogP contribution in [0.15, 0.2) is 24.3 Å². The fourth-order valence-electron chi connectivity index (χ4n) is 3.65. The van der Waals surface area contributed by atoms with Gasteiger partial charge >= 0.3 is 5.97 Å². The summed E-state index contributed by atoms with van der Waals surface area (Å²) in [6, 6.07) is 6.40. The number of nitrogens with one attached hydrogen (secondary N) is 1. The Morgan fingerprint density at radius 3 is 2.19 bits per heavy atom. The van der Waals surface area contributed by atoms with Crippen LogP contribution in [0.2, 0.25) is 0 Å². The minimum Gasteiger partial charge on any atom is -0.426 e. The first-order valence-corrected chi connectivity index (χ1v) is 8.89. The van der Waals surface area contributed by atoms with Crippen molar-refractivity contribution in [1.82, 2.24) is 4.90 Å². The monoisotopic (exact) mass is 358 g/mol. The predicted octanol–water partition coefficient (Wildman–Crippen LogP) is 2.12. The number of ether oxygens (including phenoxy) is 1. The number of imide groups is 1. The van der Waals surface area contributed by atoms with E-state index < -0.39 is 5.97 Å². The third-order valence-corrected chi connectivity index (χ3v) is 4.88. The lowest BCUT2D eigenvalue weighted by atomic mass is 9.81. The van der Waals surface area contributed by atoms with Gasteiger partial charge in [0.25, 0.3) is 0 Å². The van der Waals surface area contributed by atoms with Gasteiger partial charge in [-0.15, -0.1) is 0 Å². The summed E-state index contributed by atoms with van der Waals surface area (Å²) >= 11 is 0. The molecule has 1 saturated carbocycles.